The fourth-order valence-corrected chi connectivity index (χ4v) is 6.57. The van der Waals surface area contributed by atoms with Gasteiger partial charge in [-0.25, -0.2) is 0 Å². The molecule has 0 aliphatic heterocycles. The molecule has 0 aliphatic rings. The van der Waals surface area contributed by atoms with Gasteiger partial charge in [-0.2, -0.15) is 23.5 Å². The molecule has 0 aromatic heterocycles. The predicted octanol–water partition coefficient (Wildman–Crippen LogP) is 6.21. The normalized spacial score (nSPS) is 12.2. The Morgan fingerprint density at radius 2 is 1.09 bits per heavy atom. The van der Waals surface area contributed by atoms with Crippen LogP contribution in [0.1, 0.15) is 113 Å². The van der Waals surface area contributed by atoms with E-state index in [2.05, 4.69) is 34.6 Å². The van der Waals surface area contributed by atoms with Crippen molar-refractivity contribution in [3.8, 4) is 0 Å². The molecule has 0 saturated carbocycles. The van der Waals surface area contributed by atoms with E-state index in [-0.39, 0.29) is 30.5 Å². The molecule has 8 heteroatoms. The number of aliphatic carboxylic acids is 2. The quantitative estimate of drug-likeness (QED) is 0.123. The molecule has 0 N–H and O–H groups in total. The molecule has 0 radical (unpaired) electrons. The molecule has 0 heterocycles. The predicted molar refractivity (Wildman–Crippen MR) is 152 cm³/mol. The van der Waals surface area contributed by atoms with Crippen LogP contribution in [0.25, 0.3) is 0 Å². The van der Waals surface area contributed by atoms with Crippen molar-refractivity contribution in [1.29, 1.82) is 0 Å². The Hall–Kier alpha value is 0.729. The fraction of sp³-hybridized carbons (Fsp3) is 0.923. The number of carbonyl (C=O) groups is 2. The van der Waals surface area contributed by atoms with Crippen molar-refractivity contribution in [3.63, 3.8) is 0 Å². The molecule has 0 aromatic rings. The Balaban J connectivity index is -0.000000458. The van der Waals surface area contributed by atoms with Gasteiger partial charge in [0.15, 0.2) is 0 Å². The number of thioether (sulfide) groups is 2. The van der Waals surface area contributed by atoms with E-state index in [1.165, 1.54) is 79.3 Å². The fourth-order valence-electron chi connectivity index (χ4n) is 2.56. The monoisotopic (exact) mass is 646 g/mol. The van der Waals surface area contributed by atoms with Crippen molar-refractivity contribution in [3.05, 3.63) is 0 Å². The van der Waals surface area contributed by atoms with Crippen molar-refractivity contribution < 1.29 is 19.8 Å². The van der Waals surface area contributed by atoms with Crippen molar-refractivity contribution in [2.45, 2.75) is 128 Å². The van der Waals surface area contributed by atoms with E-state index >= 15 is 0 Å². The summed E-state index contributed by atoms with van der Waals surface area (Å²) in [6.07, 6.45) is 12.4. The van der Waals surface area contributed by atoms with Crippen LogP contribution in [0.3, 0.4) is 0 Å². The van der Waals surface area contributed by atoms with Crippen LogP contribution < -0.4 is 10.2 Å². The number of halogens is 1. The molecule has 0 aliphatic carbocycles. The standard InChI is InChI=1S/2C11H22O2S.C4H9.ClH.Sn/c2*1-9(2)7-5-4-6-8-14-10(3)11(12)13;1-3-4-2;;/h2*9-10H,4-8H2,1-3H3,(H,12,13);1,3-4H2,2H3;1H;/q;;;;+3/p-3. The zero-order valence-electron chi connectivity index (χ0n) is 22.8. The van der Waals surface area contributed by atoms with E-state index in [1.54, 1.807) is 13.8 Å². The summed E-state index contributed by atoms with van der Waals surface area (Å²) >= 11 is 2.62. The van der Waals surface area contributed by atoms with Crippen LogP contribution >= 0.6 is 32.4 Å². The summed E-state index contributed by atoms with van der Waals surface area (Å²) < 4.78 is 1.35. The van der Waals surface area contributed by atoms with E-state index in [9.17, 15) is 19.8 Å². The summed E-state index contributed by atoms with van der Waals surface area (Å²) in [6.45, 7) is 14.5. The Kier molecular flexibility index (Phi) is 34.6. The van der Waals surface area contributed by atoms with E-state index in [4.69, 9.17) is 8.92 Å². The number of carboxylic acids is 2. The van der Waals surface area contributed by atoms with Crippen LogP contribution in [0, 0.1) is 11.8 Å². The van der Waals surface area contributed by atoms with Crippen molar-refractivity contribution in [2.75, 3.05) is 11.5 Å². The molecule has 0 fully saturated rings. The second-order valence-corrected chi connectivity index (χ2v) is 16.3. The van der Waals surface area contributed by atoms with Gasteiger partial charge in [0, 0.05) is 10.5 Å². The molecular weight excluding hydrogens is 595 g/mol. The molecule has 202 valence electrons. The average molecular weight is 646 g/mol. The summed E-state index contributed by atoms with van der Waals surface area (Å²) in [5.41, 5.74) is 0. The molecule has 0 aromatic carbocycles. The van der Waals surface area contributed by atoms with Gasteiger partial charge in [0.05, 0.1) is 11.9 Å². The van der Waals surface area contributed by atoms with E-state index in [0.29, 0.717) is 0 Å². The van der Waals surface area contributed by atoms with Gasteiger partial charge in [0.2, 0.25) is 0 Å². The van der Waals surface area contributed by atoms with Crippen LogP contribution in [0.15, 0.2) is 0 Å². The molecule has 0 spiro atoms. The van der Waals surface area contributed by atoms with E-state index in [1.807, 2.05) is 0 Å². The topological polar surface area (TPSA) is 80.3 Å². The first-order chi connectivity index (χ1) is 16.0. The molecule has 0 saturated heterocycles. The summed E-state index contributed by atoms with van der Waals surface area (Å²) in [6, 6.07) is 0. The van der Waals surface area contributed by atoms with Crippen LogP contribution in [0.4, 0.5) is 0 Å². The second kappa shape index (κ2) is 30.0. The van der Waals surface area contributed by atoms with Crippen LogP contribution in [-0.4, -0.2) is 54.0 Å². The van der Waals surface area contributed by atoms with Gasteiger partial charge >= 0.3 is 53.1 Å². The summed E-state index contributed by atoms with van der Waals surface area (Å²) in [4.78, 5) is 20.8. The molecule has 2 atom stereocenters. The molecule has 4 nitrogen and oxygen atoms in total. The average Bonchev–Trinajstić information content (AvgIpc) is 2.77. The Bertz CT molecular complexity index is 415. The first kappa shape index (κ1) is 39.2. The van der Waals surface area contributed by atoms with Crippen LogP contribution in [0.5, 0.6) is 0 Å². The van der Waals surface area contributed by atoms with Gasteiger partial charge in [-0.1, -0.05) is 66.2 Å². The maximum absolute atomic E-state index is 10.4. The van der Waals surface area contributed by atoms with Crippen LogP contribution in [-0.2, 0) is 9.59 Å². The molecule has 0 bridgehead atoms. The zero-order valence-corrected chi connectivity index (χ0v) is 28.1. The zero-order chi connectivity index (χ0) is 26.8. The second-order valence-electron chi connectivity index (χ2n) is 9.39. The third kappa shape index (κ3) is 37.3. The van der Waals surface area contributed by atoms with Gasteiger partial charge in [-0.05, 0) is 50.0 Å². The third-order valence-electron chi connectivity index (χ3n) is 4.88. The molecule has 0 rings (SSSR count). The summed E-state index contributed by atoms with van der Waals surface area (Å²) in [5, 5.41) is 20.0. The van der Waals surface area contributed by atoms with Gasteiger partial charge in [-0.15, -0.1) is 0 Å². The number of carboxylic acid groups (broad SMARTS) is 2. The van der Waals surface area contributed by atoms with Crippen molar-refractivity contribution in [2.24, 2.45) is 11.8 Å². The number of hydrogen-bond donors (Lipinski definition) is 0. The van der Waals surface area contributed by atoms with Crippen LogP contribution in [0.2, 0.25) is 4.44 Å². The van der Waals surface area contributed by atoms with Crippen molar-refractivity contribution in [1.82, 2.24) is 0 Å². The summed E-state index contributed by atoms with van der Waals surface area (Å²) in [5.74, 6) is 1.55. The number of hydrogen-bond acceptors (Lipinski definition) is 6. The first-order valence-corrected chi connectivity index (χ1v) is 20.7. The molecular formula is C26H51ClO4S2Sn. The Morgan fingerprint density at radius 3 is 1.32 bits per heavy atom. The number of rotatable bonds is 19. The maximum atomic E-state index is 10.4. The van der Waals surface area contributed by atoms with E-state index in [0.717, 1.165) is 36.2 Å². The number of unbranched alkanes of at least 4 members (excludes halogenated alkanes) is 5. The van der Waals surface area contributed by atoms with Gasteiger partial charge in [0.1, 0.15) is 0 Å². The first-order valence-electron chi connectivity index (χ1n) is 13.0. The SMILES string of the molecule is CC(C)CCCCCSC(C)C(=O)[O-].CC(C)CCCCCSC(C)C(=O)[O-].CCC[CH2][Sn+2][Cl]. The van der Waals surface area contributed by atoms with Gasteiger partial charge < -0.3 is 19.8 Å². The molecule has 34 heavy (non-hydrogen) atoms. The van der Waals surface area contributed by atoms with Gasteiger partial charge in [0.25, 0.3) is 0 Å². The molecule has 2 unspecified atom stereocenters. The Labute approximate surface area is 233 Å². The summed E-state index contributed by atoms with van der Waals surface area (Å²) in [7, 11) is 5.55. The minimum atomic E-state index is -0.947. The third-order valence-corrected chi connectivity index (χ3v) is 10.1. The molecule has 0 amide bonds. The van der Waals surface area contributed by atoms with Gasteiger partial charge in [-0.3, -0.25) is 0 Å². The minimum absolute atomic E-state index is 0.338. The van der Waals surface area contributed by atoms with E-state index < -0.39 is 11.9 Å². The Morgan fingerprint density at radius 1 is 0.706 bits per heavy atom. The van der Waals surface area contributed by atoms with Crippen molar-refractivity contribution >= 4 is 64.4 Å². The number of carbonyl (C=O) groups excluding carboxylic acids is 2.